The number of terminal acetylenes is 3. The third-order valence-electron chi connectivity index (χ3n) is 7.52. The number of ether oxygens (including phenoxy) is 5. The Morgan fingerprint density at radius 1 is 0.667 bits per heavy atom. The SMILES string of the molecule is C#CCCCOC(=O)NC(C)(C)CC(C)(C)C(NC(=O)C(C)(C)OCCC(C)(C)OC(=O)NC(C)C(=O)OCCCC#C)C(=O)OCCCC#C. The van der Waals surface area contributed by atoms with Gasteiger partial charge in [0.15, 0.2) is 0 Å². The minimum absolute atomic E-state index is 0.00151. The monoisotopic (exact) mass is 717 g/mol. The lowest BCUT2D eigenvalue weighted by molar-refractivity contribution is -0.157. The molecule has 0 rings (SSSR count). The van der Waals surface area contributed by atoms with Crippen LogP contribution in [0.25, 0.3) is 0 Å². The van der Waals surface area contributed by atoms with E-state index in [1.807, 2.05) is 0 Å². The number of carbonyl (C=O) groups excluding carboxylic acids is 5. The van der Waals surface area contributed by atoms with Crippen LogP contribution in [0.15, 0.2) is 0 Å². The summed E-state index contributed by atoms with van der Waals surface area (Å²) in [5, 5.41) is 8.06. The topological polar surface area (TPSA) is 168 Å². The van der Waals surface area contributed by atoms with Gasteiger partial charge >= 0.3 is 24.1 Å². The molecule has 51 heavy (non-hydrogen) atoms. The number of esters is 2. The fourth-order valence-corrected chi connectivity index (χ4v) is 4.90. The highest BCUT2D eigenvalue weighted by Gasteiger charge is 2.44. The lowest BCUT2D eigenvalue weighted by atomic mass is 9.74. The predicted molar refractivity (Wildman–Crippen MR) is 193 cm³/mol. The molecule has 0 aliphatic rings. The Bertz CT molecular complexity index is 1280. The fourth-order valence-electron chi connectivity index (χ4n) is 4.90. The molecular formula is C38H59N3O10. The van der Waals surface area contributed by atoms with Crippen LogP contribution in [0.1, 0.15) is 114 Å². The first-order chi connectivity index (χ1) is 23.6. The summed E-state index contributed by atoms with van der Waals surface area (Å²) in [4.78, 5) is 64.1. The molecule has 0 aliphatic heterocycles. The normalized spacial score (nSPS) is 12.8. The fraction of sp³-hybridized carbons (Fsp3) is 0.711. The summed E-state index contributed by atoms with van der Waals surface area (Å²) in [7, 11) is 0. The van der Waals surface area contributed by atoms with Crippen LogP contribution >= 0.6 is 0 Å². The van der Waals surface area contributed by atoms with Crippen molar-refractivity contribution >= 4 is 30.0 Å². The molecule has 0 fully saturated rings. The molecule has 0 aliphatic carbocycles. The summed E-state index contributed by atoms with van der Waals surface area (Å²) >= 11 is 0. The van der Waals surface area contributed by atoms with Gasteiger partial charge in [-0.2, -0.15) is 0 Å². The van der Waals surface area contributed by atoms with E-state index in [1.54, 1.807) is 55.4 Å². The second kappa shape index (κ2) is 22.4. The Balaban J connectivity index is 5.50. The van der Waals surface area contributed by atoms with Crippen molar-refractivity contribution in [3.8, 4) is 37.0 Å². The first-order valence-corrected chi connectivity index (χ1v) is 17.2. The van der Waals surface area contributed by atoms with E-state index in [9.17, 15) is 24.0 Å². The summed E-state index contributed by atoms with van der Waals surface area (Å²) in [6, 6.07) is -2.08. The minimum atomic E-state index is -1.43. The van der Waals surface area contributed by atoms with E-state index >= 15 is 0 Å². The first-order valence-electron chi connectivity index (χ1n) is 17.2. The Morgan fingerprint density at radius 2 is 1.16 bits per heavy atom. The van der Waals surface area contributed by atoms with Crippen LogP contribution in [0.3, 0.4) is 0 Å². The smallest absolute Gasteiger partial charge is 0.408 e. The highest BCUT2D eigenvalue weighted by molar-refractivity contribution is 5.89. The number of carbonyl (C=O) groups is 5. The molecule has 0 saturated heterocycles. The summed E-state index contributed by atoms with van der Waals surface area (Å²) in [6.45, 7) is 15.4. The average molecular weight is 718 g/mol. The van der Waals surface area contributed by atoms with Gasteiger partial charge in [0.05, 0.1) is 26.4 Å². The molecule has 13 nitrogen and oxygen atoms in total. The van der Waals surface area contributed by atoms with Crippen molar-refractivity contribution < 1.29 is 47.7 Å². The lowest BCUT2D eigenvalue weighted by Gasteiger charge is -2.40. The van der Waals surface area contributed by atoms with Gasteiger partial charge in [0.1, 0.15) is 23.3 Å². The van der Waals surface area contributed by atoms with Crippen molar-refractivity contribution in [2.45, 2.75) is 143 Å². The summed E-state index contributed by atoms with van der Waals surface area (Å²) < 4.78 is 27.2. The number of alkyl carbamates (subject to hydrolysis) is 2. The molecule has 0 aromatic carbocycles. The standard InChI is InChI=1S/C38H59N3O10/c1-13-16-19-23-47-30(42)28(4)39-33(45)51-37(9,10)22-26-50-38(11,12)32(44)40-29(31(43)48-24-20-17-14-2)35(5,6)27-36(7,8)41-34(46)49-25-21-18-15-3/h1-3,28-29H,16-27H2,4-12H3,(H,39,45)(H,40,44)(H,41,46). The molecule has 0 bridgehead atoms. The van der Waals surface area contributed by atoms with Crippen LogP contribution in [-0.4, -0.2) is 85.3 Å². The van der Waals surface area contributed by atoms with Crippen LogP contribution in [-0.2, 0) is 38.1 Å². The molecule has 0 radical (unpaired) electrons. The van der Waals surface area contributed by atoms with Gasteiger partial charge in [-0.25, -0.2) is 19.2 Å². The Labute approximate surface area is 304 Å². The second-order valence-corrected chi connectivity index (χ2v) is 14.6. The number of hydrogen-bond donors (Lipinski definition) is 3. The number of nitrogens with one attached hydrogen (secondary N) is 3. The van der Waals surface area contributed by atoms with Crippen molar-refractivity contribution in [2.24, 2.45) is 5.41 Å². The zero-order chi connectivity index (χ0) is 39.3. The van der Waals surface area contributed by atoms with E-state index in [0.717, 1.165) is 0 Å². The third-order valence-corrected chi connectivity index (χ3v) is 7.52. The highest BCUT2D eigenvalue weighted by atomic mass is 16.6. The molecule has 2 unspecified atom stereocenters. The summed E-state index contributed by atoms with van der Waals surface area (Å²) in [5.74, 6) is 5.55. The number of unbranched alkanes of at least 4 members (excludes halogenated alkanes) is 3. The molecule has 0 aromatic rings. The summed E-state index contributed by atoms with van der Waals surface area (Å²) in [5.41, 5.74) is -4.27. The third kappa shape index (κ3) is 20.1. The van der Waals surface area contributed by atoms with Gasteiger partial charge in [0.25, 0.3) is 5.91 Å². The molecule has 0 heterocycles. The van der Waals surface area contributed by atoms with Gasteiger partial charge in [-0.05, 0) is 79.6 Å². The van der Waals surface area contributed by atoms with E-state index in [2.05, 4.69) is 33.7 Å². The van der Waals surface area contributed by atoms with Crippen molar-refractivity contribution in [1.82, 2.24) is 16.0 Å². The molecule has 0 spiro atoms. The zero-order valence-corrected chi connectivity index (χ0v) is 32.0. The van der Waals surface area contributed by atoms with Gasteiger partial charge in [-0.15, -0.1) is 37.0 Å². The van der Waals surface area contributed by atoms with Gasteiger partial charge in [-0.1, -0.05) is 13.8 Å². The van der Waals surface area contributed by atoms with Gasteiger partial charge in [0.2, 0.25) is 0 Å². The largest absolute Gasteiger partial charge is 0.464 e. The number of rotatable bonds is 23. The molecule has 13 heteroatoms. The maximum absolute atomic E-state index is 13.6. The number of hydrogen-bond acceptors (Lipinski definition) is 10. The summed E-state index contributed by atoms with van der Waals surface area (Å²) in [6.07, 6.45) is 17.6. The van der Waals surface area contributed by atoms with Crippen LogP contribution in [0.2, 0.25) is 0 Å². The van der Waals surface area contributed by atoms with E-state index in [4.69, 9.17) is 43.0 Å². The molecular weight excluding hydrogens is 658 g/mol. The predicted octanol–water partition coefficient (Wildman–Crippen LogP) is 4.80. The van der Waals surface area contributed by atoms with E-state index in [0.29, 0.717) is 38.5 Å². The van der Waals surface area contributed by atoms with Crippen molar-refractivity contribution in [3.05, 3.63) is 0 Å². The second-order valence-electron chi connectivity index (χ2n) is 14.6. The Hall–Kier alpha value is -4.41. The van der Waals surface area contributed by atoms with E-state index in [1.165, 1.54) is 6.92 Å². The molecule has 286 valence electrons. The quantitative estimate of drug-likeness (QED) is 0.0578. The first kappa shape index (κ1) is 46.6. The van der Waals surface area contributed by atoms with Crippen LogP contribution in [0.5, 0.6) is 0 Å². The van der Waals surface area contributed by atoms with Crippen LogP contribution < -0.4 is 16.0 Å². The van der Waals surface area contributed by atoms with Gasteiger partial charge in [0, 0.05) is 31.2 Å². The molecule has 3 N–H and O–H groups in total. The Kier molecular flexibility index (Phi) is 20.5. The maximum Gasteiger partial charge on any atom is 0.408 e. The van der Waals surface area contributed by atoms with E-state index in [-0.39, 0.29) is 39.3 Å². The minimum Gasteiger partial charge on any atom is -0.464 e. The molecule has 2 atom stereocenters. The van der Waals surface area contributed by atoms with Crippen LogP contribution in [0, 0.1) is 42.4 Å². The maximum atomic E-state index is 13.6. The number of amides is 3. The lowest BCUT2D eigenvalue weighted by Crippen LogP contribution is -2.59. The van der Waals surface area contributed by atoms with E-state index < -0.39 is 64.3 Å². The molecule has 0 aromatic heterocycles. The van der Waals surface area contributed by atoms with Crippen molar-refractivity contribution in [1.29, 1.82) is 0 Å². The van der Waals surface area contributed by atoms with Gasteiger partial charge < -0.3 is 39.6 Å². The zero-order valence-electron chi connectivity index (χ0n) is 32.0. The van der Waals surface area contributed by atoms with Gasteiger partial charge in [-0.3, -0.25) is 4.79 Å². The molecule has 0 saturated carbocycles. The Morgan fingerprint density at radius 3 is 1.67 bits per heavy atom. The highest BCUT2D eigenvalue weighted by Crippen LogP contribution is 2.33. The van der Waals surface area contributed by atoms with Crippen LogP contribution in [0.4, 0.5) is 9.59 Å². The van der Waals surface area contributed by atoms with Crippen molar-refractivity contribution in [3.63, 3.8) is 0 Å². The average Bonchev–Trinajstić information content (AvgIpc) is 3.00. The molecule has 3 amide bonds. The van der Waals surface area contributed by atoms with Crippen molar-refractivity contribution in [2.75, 3.05) is 26.4 Å².